The summed E-state index contributed by atoms with van der Waals surface area (Å²) in [6.07, 6.45) is 0. The molecule has 0 aliphatic heterocycles. The zero-order chi connectivity index (χ0) is 16.8. The van der Waals surface area contributed by atoms with Crippen molar-refractivity contribution < 1.29 is 9.18 Å². The number of nitrogens with zero attached hydrogens (tertiary/aromatic N) is 1. The summed E-state index contributed by atoms with van der Waals surface area (Å²) < 4.78 is 13.8. The van der Waals surface area contributed by atoms with E-state index in [1.54, 1.807) is 56.3 Å². The molecule has 0 bridgehead atoms. The molecule has 2 unspecified atom stereocenters. The van der Waals surface area contributed by atoms with Gasteiger partial charge in [-0.2, -0.15) is 5.26 Å². The van der Waals surface area contributed by atoms with Crippen molar-refractivity contribution in [3.8, 4) is 6.07 Å². The second kappa shape index (κ2) is 7.52. The van der Waals surface area contributed by atoms with E-state index in [1.807, 2.05) is 6.07 Å². The van der Waals surface area contributed by atoms with Gasteiger partial charge in [-0.25, -0.2) is 4.39 Å². The molecule has 1 amide bonds. The minimum atomic E-state index is -0.518. The van der Waals surface area contributed by atoms with Gasteiger partial charge in [0.15, 0.2) is 0 Å². The molecule has 0 spiro atoms. The topological polar surface area (TPSA) is 64.9 Å². The number of anilines is 1. The van der Waals surface area contributed by atoms with Crippen molar-refractivity contribution in [2.75, 3.05) is 5.32 Å². The number of nitrogens with one attached hydrogen (secondary N) is 2. The molecule has 2 N–H and O–H groups in total. The Balaban J connectivity index is 2.00. The summed E-state index contributed by atoms with van der Waals surface area (Å²) in [5, 5.41) is 14.7. The predicted molar refractivity (Wildman–Crippen MR) is 87.2 cm³/mol. The molecular formula is C18H18FN3O. The number of carbonyl (C=O) groups excluding carboxylic acids is 1. The molecule has 5 heteroatoms. The Morgan fingerprint density at radius 3 is 2.61 bits per heavy atom. The molecule has 0 saturated heterocycles. The fourth-order valence-electron chi connectivity index (χ4n) is 2.28. The number of halogens is 1. The van der Waals surface area contributed by atoms with E-state index in [0.717, 1.165) is 0 Å². The van der Waals surface area contributed by atoms with E-state index in [2.05, 4.69) is 10.6 Å². The third-order valence-electron chi connectivity index (χ3n) is 3.52. The van der Waals surface area contributed by atoms with E-state index in [-0.39, 0.29) is 17.8 Å². The van der Waals surface area contributed by atoms with Gasteiger partial charge in [-0.05, 0) is 38.1 Å². The summed E-state index contributed by atoms with van der Waals surface area (Å²) in [5.74, 6) is -0.551. The van der Waals surface area contributed by atoms with E-state index in [9.17, 15) is 9.18 Å². The summed E-state index contributed by atoms with van der Waals surface area (Å²) in [5.41, 5.74) is 1.54. The van der Waals surface area contributed by atoms with E-state index < -0.39 is 6.04 Å². The Bertz CT molecular complexity index is 739. The summed E-state index contributed by atoms with van der Waals surface area (Å²) in [7, 11) is 0. The Hall–Kier alpha value is -2.71. The van der Waals surface area contributed by atoms with Crippen LogP contribution in [0.3, 0.4) is 0 Å². The highest BCUT2D eigenvalue weighted by Gasteiger charge is 2.18. The number of amides is 1. The number of rotatable bonds is 5. The highest BCUT2D eigenvalue weighted by atomic mass is 19.1. The van der Waals surface area contributed by atoms with Gasteiger partial charge in [0.1, 0.15) is 5.82 Å². The first-order chi connectivity index (χ1) is 11.0. The van der Waals surface area contributed by atoms with Crippen molar-refractivity contribution in [2.24, 2.45) is 0 Å². The fraction of sp³-hybridized carbons (Fsp3) is 0.222. The van der Waals surface area contributed by atoms with Crippen LogP contribution >= 0.6 is 0 Å². The Morgan fingerprint density at radius 2 is 1.91 bits per heavy atom. The van der Waals surface area contributed by atoms with Gasteiger partial charge in [0.25, 0.3) is 0 Å². The quantitative estimate of drug-likeness (QED) is 0.889. The van der Waals surface area contributed by atoms with Crippen molar-refractivity contribution in [1.29, 1.82) is 5.26 Å². The molecule has 0 fully saturated rings. The van der Waals surface area contributed by atoms with Gasteiger partial charge in [-0.1, -0.05) is 24.3 Å². The Kier molecular flexibility index (Phi) is 5.45. The van der Waals surface area contributed by atoms with Gasteiger partial charge in [-0.3, -0.25) is 10.1 Å². The number of hydrogen-bond donors (Lipinski definition) is 2. The first-order valence-electron chi connectivity index (χ1n) is 7.32. The van der Waals surface area contributed by atoms with Crippen molar-refractivity contribution in [3.05, 3.63) is 65.5 Å². The number of hydrogen-bond acceptors (Lipinski definition) is 3. The molecular weight excluding hydrogens is 293 g/mol. The van der Waals surface area contributed by atoms with Gasteiger partial charge in [0, 0.05) is 17.3 Å². The number of carbonyl (C=O) groups is 1. The van der Waals surface area contributed by atoms with Gasteiger partial charge in [-0.15, -0.1) is 0 Å². The van der Waals surface area contributed by atoms with Crippen LogP contribution < -0.4 is 10.6 Å². The van der Waals surface area contributed by atoms with Crippen LogP contribution in [0.15, 0.2) is 48.5 Å². The van der Waals surface area contributed by atoms with Gasteiger partial charge in [0.05, 0.1) is 17.7 Å². The highest BCUT2D eigenvalue weighted by Crippen LogP contribution is 2.17. The zero-order valence-electron chi connectivity index (χ0n) is 13.0. The van der Waals surface area contributed by atoms with Crippen LogP contribution in [0.25, 0.3) is 0 Å². The molecule has 0 aliphatic rings. The van der Waals surface area contributed by atoms with Crippen molar-refractivity contribution in [3.63, 3.8) is 0 Å². The van der Waals surface area contributed by atoms with Crippen LogP contribution in [-0.2, 0) is 4.79 Å². The normalized spacial score (nSPS) is 13.0. The van der Waals surface area contributed by atoms with Gasteiger partial charge < -0.3 is 5.32 Å². The molecule has 0 saturated carbocycles. The van der Waals surface area contributed by atoms with Crippen molar-refractivity contribution >= 4 is 11.6 Å². The molecule has 2 rings (SSSR count). The largest absolute Gasteiger partial charge is 0.325 e. The SMILES string of the molecule is CC(NC(C)c1ccccc1F)C(=O)Nc1cccc(C#N)c1. The summed E-state index contributed by atoms with van der Waals surface area (Å²) in [4.78, 5) is 12.2. The van der Waals surface area contributed by atoms with Crippen LogP contribution in [0.5, 0.6) is 0 Å². The zero-order valence-corrected chi connectivity index (χ0v) is 13.0. The van der Waals surface area contributed by atoms with Crippen molar-refractivity contribution in [1.82, 2.24) is 5.32 Å². The molecule has 0 aliphatic carbocycles. The monoisotopic (exact) mass is 311 g/mol. The van der Waals surface area contributed by atoms with E-state index in [1.165, 1.54) is 6.07 Å². The van der Waals surface area contributed by atoms with Crippen LogP contribution in [-0.4, -0.2) is 11.9 Å². The first kappa shape index (κ1) is 16.7. The smallest absolute Gasteiger partial charge is 0.241 e. The van der Waals surface area contributed by atoms with Crippen LogP contribution in [0, 0.1) is 17.1 Å². The van der Waals surface area contributed by atoms with Gasteiger partial charge in [0.2, 0.25) is 5.91 Å². The fourth-order valence-corrected chi connectivity index (χ4v) is 2.28. The summed E-state index contributed by atoms with van der Waals surface area (Å²) in [6.45, 7) is 3.51. The molecule has 2 aromatic carbocycles. The minimum Gasteiger partial charge on any atom is -0.325 e. The molecule has 0 aromatic heterocycles. The number of benzene rings is 2. The molecule has 0 heterocycles. The Labute approximate surface area is 134 Å². The maximum atomic E-state index is 13.8. The molecule has 4 nitrogen and oxygen atoms in total. The van der Waals surface area contributed by atoms with Gasteiger partial charge >= 0.3 is 0 Å². The van der Waals surface area contributed by atoms with E-state index in [0.29, 0.717) is 16.8 Å². The second-order valence-corrected chi connectivity index (χ2v) is 5.31. The van der Waals surface area contributed by atoms with E-state index >= 15 is 0 Å². The molecule has 2 atom stereocenters. The lowest BCUT2D eigenvalue weighted by atomic mass is 10.1. The third kappa shape index (κ3) is 4.38. The Morgan fingerprint density at radius 1 is 1.17 bits per heavy atom. The maximum Gasteiger partial charge on any atom is 0.241 e. The first-order valence-corrected chi connectivity index (χ1v) is 7.32. The second-order valence-electron chi connectivity index (χ2n) is 5.31. The predicted octanol–water partition coefficient (Wildman–Crippen LogP) is 3.38. The molecule has 0 radical (unpaired) electrons. The molecule has 118 valence electrons. The average molecular weight is 311 g/mol. The van der Waals surface area contributed by atoms with Crippen LogP contribution in [0.2, 0.25) is 0 Å². The highest BCUT2D eigenvalue weighted by molar-refractivity contribution is 5.94. The number of nitriles is 1. The van der Waals surface area contributed by atoms with Crippen molar-refractivity contribution in [2.45, 2.75) is 25.9 Å². The third-order valence-corrected chi connectivity index (χ3v) is 3.52. The lowest BCUT2D eigenvalue weighted by Gasteiger charge is -2.20. The van der Waals surface area contributed by atoms with Crippen LogP contribution in [0.1, 0.15) is 31.0 Å². The maximum absolute atomic E-state index is 13.8. The van der Waals surface area contributed by atoms with Crippen LogP contribution in [0.4, 0.5) is 10.1 Å². The standard InChI is InChI=1S/C18H18FN3O/c1-12(16-8-3-4-9-17(16)19)21-13(2)18(23)22-15-7-5-6-14(10-15)11-20/h3-10,12-13,21H,1-2H3,(H,22,23). The molecule has 23 heavy (non-hydrogen) atoms. The minimum absolute atomic E-state index is 0.247. The summed E-state index contributed by atoms with van der Waals surface area (Å²) in [6, 6.07) is 14.4. The summed E-state index contributed by atoms with van der Waals surface area (Å²) >= 11 is 0. The lowest BCUT2D eigenvalue weighted by molar-refractivity contribution is -0.117. The average Bonchev–Trinajstić information content (AvgIpc) is 2.55. The molecule has 2 aromatic rings. The lowest BCUT2D eigenvalue weighted by Crippen LogP contribution is -2.39. The van der Waals surface area contributed by atoms with E-state index in [4.69, 9.17) is 5.26 Å².